The highest BCUT2D eigenvalue weighted by Crippen LogP contribution is 2.30. The molecule has 1 N–H and O–H groups in total. The number of rotatable bonds is 3. The number of aliphatic carboxylic acids is 1. The maximum absolute atomic E-state index is 12.0. The number of carboxylic acid groups (broad SMARTS) is 1. The fourth-order valence-electron chi connectivity index (χ4n) is 1.79. The van der Waals surface area contributed by atoms with Crippen molar-refractivity contribution in [3.63, 3.8) is 0 Å². The molecular weight excluding hydrogens is 306 g/mol. The zero-order chi connectivity index (χ0) is 12.6. The number of hydrogen-bond donors (Lipinski definition) is 1. The van der Waals surface area contributed by atoms with Gasteiger partial charge < -0.3 is 10.0 Å². The Bertz CT molecular complexity index is 453. The van der Waals surface area contributed by atoms with Crippen LogP contribution in [0.15, 0.2) is 15.9 Å². The molecule has 0 bridgehead atoms. The topological polar surface area (TPSA) is 57.6 Å². The summed E-state index contributed by atoms with van der Waals surface area (Å²) < 4.78 is 0.808. The van der Waals surface area contributed by atoms with Crippen LogP contribution in [0.5, 0.6) is 0 Å². The van der Waals surface area contributed by atoms with E-state index in [1.807, 2.05) is 11.4 Å². The second kappa shape index (κ2) is 4.78. The first kappa shape index (κ1) is 12.6. The van der Waals surface area contributed by atoms with E-state index < -0.39 is 5.97 Å². The van der Waals surface area contributed by atoms with Crippen LogP contribution in [0.4, 0.5) is 0 Å². The maximum Gasteiger partial charge on any atom is 0.306 e. The van der Waals surface area contributed by atoms with Crippen LogP contribution in [-0.2, 0) is 4.79 Å². The number of hydrogen-bond acceptors (Lipinski definition) is 3. The smallest absolute Gasteiger partial charge is 0.306 e. The van der Waals surface area contributed by atoms with Crippen molar-refractivity contribution in [1.29, 1.82) is 0 Å². The summed E-state index contributed by atoms with van der Waals surface area (Å²) in [6, 6.07) is 1.84. The van der Waals surface area contributed by atoms with Crippen molar-refractivity contribution in [2.24, 2.45) is 11.8 Å². The first-order valence-corrected chi connectivity index (χ1v) is 6.93. The lowest BCUT2D eigenvalue weighted by Gasteiger charge is -2.41. The maximum atomic E-state index is 12.0. The number of carbonyl (C=O) groups is 2. The second-order valence-corrected chi connectivity index (χ2v) is 5.97. The quantitative estimate of drug-likeness (QED) is 0.930. The van der Waals surface area contributed by atoms with Gasteiger partial charge in [0.05, 0.1) is 5.92 Å². The molecule has 0 radical (unpaired) electrons. The Kier molecular flexibility index (Phi) is 3.53. The average Bonchev–Trinajstić information content (AvgIpc) is 2.61. The standard InChI is InChI=1S/C11H12BrNO3S/c1-6(11(15)16)7-4-13(5-7)10(14)9-8(12)2-3-17-9/h2-3,6-7H,4-5H2,1H3,(H,15,16). The average molecular weight is 318 g/mol. The van der Waals surface area contributed by atoms with Crippen LogP contribution >= 0.6 is 27.3 Å². The zero-order valence-corrected chi connectivity index (χ0v) is 11.6. The van der Waals surface area contributed by atoms with Crippen molar-refractivity contribution in [1.82, 2.24) is 4.90 Å². The van der Waals surface area contributed by atoms with E-state index in [2.05, 4.69) is 15.9 Å². The van der Waals surface area contributed by atoms with Crippen molar-refractivity contribution >= 4 is 39.1 Å². The first-order chi connectivity index (χ1) is 8.00. The van der Waals surface area contributed by atoms with Gasteiger partial charge in [0.25, 0.3) is 5.91 Å². The lowest BCUT2D eigenvalue weighted by molar-refractivity contribution is -0.144. The molecule has 0 saturated carbocycles. The van der Waals surface area contributed by atoms with E-state index in [-0.39, 0.29) is 17.7 Å². The van der Waals surface area contributed by atoms with Gasteiger partial charge in [-0.25, -0.2) is 0 Å². The highest BCUT2D eigenvalue weighted by molar-refractivity contribution is 9.10. The number of thiophene rings is 1. The van der Waals surface area contributed by atoms with E-state index in [1.165, 1.54) is 11.3 Å². The highest BCUT2D eigenvalue weighted by atomic mass is 79.9. The molecule has 92 valence electrons. The molecule has 1 aliphatic rings. The number of nitrogens with zero attached hydrogens (tertiary/aromatic N) is 1. The molecule has 0 spiro atoms. The molecule has 1 saturated heterocycles. The van der Waals surface area contributed by atoms with E-state index in [1.54, 1.807) is 11.8 Å². The van der Waals surface area contributed by atoms with Crippen LogP contribution in [0, 0.1) is 11.8 Å². The molecule has 0 aliphatic carbocycles. The summed E-state index contributed by atoms with van der Waals surface area (Å²) in [5.74, 6) is -1.11. The summed E-state index contributed by atoms with van der Waals surface area (Å²) in [6.07, 6.45) is 0. The molecule has 1 aliphatic heterocycles. The van der Waals surface area contributed by atoms with Gasteiger partial charge in [-0.05, 0) is 27.4 Å². The summed E-state index contributed by atoms with van der Waals surface area (Å²) in [5.41, 5.74) is 0. The molecular formula is C11H12BrNO3S. The Hall–Kier alpha value is -0.880. The number of likely N-dealkylation sites (tertiary alicyclic amines) is 1. The third-order valence-corrected chi connectivity index (χ3v) is 4.93. The van der Waals surface area contributed by atoms with Gasteiger partial charge in [0, 0.05) is 23.5 Å². The van der Waals surface area contributed by atoms with Gasteiger partial charge in [0.15, 0.2) is 0 Å². The highest BCUT2D eigenvalue weighted by Gasteiger charge is 2.38. The first-order valence-electron chi connectivity index (χ1n) is 5.25. The Balaban J connectivity index is 1.95. The summed E-state index contributed by atoms with van der Waals surface area (Å²) in [4.78, 5) is 25.2. The molecule has 1 unspecified atom stereocenters. The second-order valence-electron chi connectivity index (χ2n) is 4.19. The lowest BCUT2D eigenvalue weighted by Crippen LogP contribution is -2.53. The molecule has 1 atom stereocenters. The van der Waals surface area contributed by atoms with Gasteiger partial charge >= 0.3 is 5.97 Å². The number of carbonyl (C=O) groups excluding carboxylic acids is 1. The van der Waals surface area contributed by atoms with Gasteiger partial charge in [-0.3, -0.25) is 9.59 Å². The largest absolute Gasteiger partial charge is 0.481 e. The SMILES string of the molecule is CC(C(=O)O)C1CN(C(=O)c2sccc2Br)C1. The molecule has 1 fully saturated rings. The summed E-state index contributed by atoms with van der Waals surface area (Å²) in [7, 11) is 0. The predicted octanol–water partition coefficient (Wildman–Crippen LogP) is 2.30. The monoisotopic (exact) mass is 317 g/mol. The molecule has 6 heteroatoms. The Labute approximate surface area is 111 Å². The van der Waals surface area contributed by atoms with Crippen molar-refractivity contribution < 1.29 is 14.7 Å². The minimum atomic E-state index is -0.792. The minimum absolute atomic E-state index is 0.0132. The lowest BCUT2D eigenvalue weighted by atomic mass is 9.87. The molecule has 2 rings (SSSR count). The van der Waals surface area contributed by atoms with E-state index in [4.69, 9.17) is 5.11 Å². The van der Waals surface area contributed by atoms with Crippen LogP contribution in [0.25, 0.3) is 0 Å². The van der Waals surface area contributed by atoms with Crippen LogP contribution in [0.1, 0.15) is 16.6 Å². The van der Waals surface area contributed by atoms with Gasteiger partial charge in [0.1, 0.15) is 4.88 Å². The Morgan fingerprint density at radius 3 is 2.71 bits per heavy atom. The van der Waals surface area contributed by atoms with E-state index in [9.17, 15) is 9.59 Å². The van der Waals surface area contributed by atoms with E-state index >= 15 is 0 Å². The Morgan fingerprint density at radius 2 is 2.24 bits per heavy atom. The van der Waals surface area contributed by atoms with Gasteiger partial charge in [0.2, 0.25) is 0 Å². The number of amides is 1. The third kappa shape index (κ3) is 2.37. The van der Waals surface area contributed by atoms with Gasteiger partial charge in [-0.1, -0.05) is 6.92 Å². The summed E-state index contributed by atoms with van der Waals surface area (Å²) in [5, 5.41) is 10.7. The molecule has 4 nitrogen and oxygen atoms in total. The molecule has 17 heavy (non-hydrogen) atoms. The summed E-state index contributed by atoms with van der Waals surface area (Å²) in [6.45, 7) is 2.77. The van der Waals surface area contributed by atoms with Gasteiger partial charge in [-0.15, -0.1) is 11.3 Å². The molecule has 1 amide bonds. The van der Waals surface area contributed by atoms with Crippen LogP contribution in [0.3, 0.4) is 0 Å². The van der Waals surface area contributed by atoms with Crippen LogP contribution in [0.2, 0.25) is 0 Å². The summed E-state index contributed by atoms with van der Waals surface area (Å²) >= 11 is 4.72. The zero-order valence-electron chi connectivity index (χ0n) is 9.22. The van der Waals surface area contributed by atoms with E-state index in [0.29, 0.717) is 18.0 Å². The number of carboxylic acids is 1. The fraction of sp³-hybridized carbons (Fsp3) is 0.455. The van der Waals surface area contributed by atoms with Crippen molar-refractivity contribution in [2.75, 3.05) is 13.1 Å². The van der Waals surface area contributed by atoms with Crippen molar-refractivity contribution in [2.45, 2.75) is 6.92 Å². The molecule has 0 aromatic carbocycles. The molecule has 1 aromatic heterocycles. The van der Waals surface area contributed by atoms with Gasteiger partial charge in [-0.2, -0.15) is 0 Å². The van der Waals surface area contributed by atoms with Crippen molar-refractivity contribution in [3.05, 3.63) is 20.8 Å². The predicted molar refractivity (Wildman–Crippen MR) is 68.2 cm³/mol. The molecule has 1 aromatic rings. The van der Waals surface area contributed by atoms with Crippen LogP contribution < -0.4 is 0 Å². The fourth-order valence-corrected chi connectivity index (χ4v) is 3.29. The number of halogens is 1. The Morgan fingerprint density at radius 1 is 1.59 bits per heavy atom. The van der Waals surface area contributed by atoms with Crippen LogP contribution in [-0.4, -0.2) is 35.0 Å². The van der Waals surface area contributed by atoms with E-state index in [0.717, 1.165) is 4.47 Å². The third-order valence-electron chi connectivity index (χ3n) is 3.11. The molecule has 2 heterocycles. The minimum Gasteiger partial charge on any atom is -0.481 e. The normalized spacial score (nSPS) is 17.6. The van der Waals surface area contributed by atoms with Crippen molar-refractivity contribution in [3.8, 4) is 0 Å².